The second kappa shape index (κ2) is 6.26. The smallest absolute Gasteiger partial charge is 0.106 e. The molecule has 92 valence electrons. The number of nitrogens with one attached hydrogen (secondary N) is 1. The van der Waals surface area contributed by atoms with Gasteiger partial charge in [0.15, 0.2) is 0 Å². The molecule has 3 N–H and O–H groups in total. The summed E-state index contributed by atoms with van der Waals surface area (Å²) in [5.41, 5.74) is 7.73. The van der Waals surface area contributed by atoms with Crippen LogP contribution in [0.1, 0.15) is 18.4 Å². The number of nitrogens with two attached hydrogens (primary N) is 1. The van der Waals surface area contributed by atoms with Crippen LogP contribution in [-0.2, 0) is 0 Å². The van der Waals surface area contributed by atoms with Gasteiger partial charge < -0.3 is 11.1 Å². The lowest BCUT2D eigenvalue weighted by molar-refractivity contribution is 0.516. The van der Waals surface area contributed by atoms with E-state index in [1.165, 1.54) is 24.3 Å². The number of thioether (sulfide) groups is 1. The lowest BCUT2D eigenvalue weighted by atomic mass is 10.0. The Labute approximate surface area is 112 Å². The van der Waals surface area contributed by atoms with Gasteiger partial charge in [0, 0.05) is 17.8 Å². The zero-order valence-corrected chi connectivity index (χ0v) is 11.4. The normalized spacial score (nSPS) is 16.7. The predicted octanol–water partition coefficient (Wildman–Crippen LogP) is 2.88. The van der Waals surface area contributed by atoms with E-state index in [1.54, 1.807) is 0 Å². The Morgan fingerprint density at radius 2 is 2.06 bits per heavy atom. The third-order valence-electron chi connectivity index (χ3n) is 3.11. The zero-order chi connectivity index (χ0) is 12.1. The number of thiocarbonyl (C=S) groups is 1. The van der Waals surface area contributed by atoms with Crippen molar-refractivity contribution in [2.75, 3.05) is 23.4 Å². The Bertz CT molecular complexity index is 387. The van der Waals surface area contributed by atoms with Crippen LogP contribution in [0, 0.1) is 5.92 Å². The Balaban J connectivity index is 1.96. The number of benzene rings is 1. The van der Waals surface area contributed by atoms with Crippen LogP contribution in [-0.4, -0.2) is 23.0 Å². The van der Waals surface area contributed by atoms with Gasteiger partial charge in [-0.05, 0) is 42.4 Å². The molecule has 0 atom stereocenters. The average molecular weight is 266 g/mol. The molecule has 0 saturated carbocycles. The molecule has 0 spiro atoms. The molecule has 2 nitrogen and oxygen atoms in total. The van der Waals surface area contributed by atoms with Crippen LogP contribution in [0.5, 0.6) is 0 Å². The van der Waals surface area contributed by atoms with Gasteiger partial charge in [0.1, 0.15) is 4.99 Å². The van der Waals surface area contributed by atoms with Crippen LogP contribution in [0.2, 0.25) is 0 Å². The summed E-state index contributed by atoms with van der Waals surface area (Å²) < 4.78 is 0. The molecule has 0 bridgehead atoms. The van der Waals surface area contributed by atoms with Gasteiger partial charge >= 0.3 is 0 Å². The molecular formula is C13H18N2S2. The van der Waals surface area contributed by atoms with Crippen molar-refractivity contribution in [3.8, 4) is 0 Å². The van der Waals surface area contributed by atoms with Gasteiger partial charge in [-0.3, -0.25) is 0 Å². The summed E-state index contributed by atoms with van der Waals surface area (Å²) in [6.07, 6.45) is 2.62. The molecule has 1 fully saturated rings. The van der Waals surface area contributed by atoms with E-state index in [9.17, 15) is 0 Å². The van der Waals surface area contributed by atoms with E-state index in [2.05, 4.69) is 17.1 Å². The van der Waals surface area contributed by atoms with Crippen LogP contribution in [0.25, 0.3) is 0 Å². The van der Waals surface area contributed by atoms with Gasteiger partial charge in [0.2, 0.25) is 0 Å². The van der Waals surface area contributed by atoms with E-state index >= 15 is 0 Å². The van der Waals surface area contributed by atoms with E-state index in [-0.39, 0.29) is 0 Å². The maximum Gasteiger partial charge on any atom is 0.106 e. The monoisotopic (exact) mass is 266 g/mol. The second-order valence-corrected chi connectivity index (χ2v) is 6.01. The summed E-state index contributed by atoms with van der Waals surface area (Å²) in [6, 6.07) is 8.01. The molecule has 0 radical (unpaired) electrons. The first kappa shape index (κ1) is 12.7. The summed E-state index contributed by atoms with van der Waals surface area (Å²) in [6.45, 7) is 1.03. The fraction of sp³-hybridized carbons (Fsp3) is 0.462. The molecule has 1 heterocycles. The van der Waals surface area contributed by atoms with Crippen LogP contribution in [0.4, 0.5) is 5.69 Å². The number of hydrogen-bond acceptors (Lipinski definition) is 3. The first-order valence-electron chi connectivity index (χ1n) is 5.98. The van der Waals surface area contributed by atoms with Crippen molar-refractivity contribution in [1.82, 2.24) is 0 Å². The predicted molar refractivity (Wildman–Crippen MR) is 80.9 cm³/mol. The van der Waals surface area contributed by atoms with Gasteiger partial charge in [-0.15, -0.1) is 0 Å². The highest BCUT2D eigenvalue weighted by Gasteiger charge is 2.14. The zero-order valence-electron chi connectivity index (χ0n) is 9.82. The largest absolute Gasteiger partial charge is 0.389 e. The maximum atomic E-state index is 5.71. The topological polar surface area (TPSA) is 38.0 Å². The van der Waals surface area contributed by atoms with Crippen molar-refractivity contribution >= 4 is 34.7 Å². The average Bonchev–Trinajstić information content (AvgIpc) is 2.38. The number of para-hydroxylation sites is 1. The summed E-state index contributed by atoms with van der Waals surface area (Å²) in [5, 5.41) is 3.49. The minimum atomic E-state index is 0.465. The SMILES string of the molecule is NC(=S)c1ccccc1NCC1CCSCC1. The van der Waals surface area contributed by atoms with Crippen molar-refractivity contribution in [1.29, 1.82) is 0 Å². The van der Waals surface area contributed by atoms with Crippen molar-refractivity contribution in [2.45, 2.75) is 12.8 Å². The molecule has 17 heavy (non-hydrogen) atoms. The first-order chi connectivity index (χ1) is 8.27. The summed E-state index contributed by atoms with van der Waals surface area (Å²) >= 11 is 7.11. The maximum absolute atomic E-state index is 5.71. The van der Waals surface area contributed by atoms with Crippen molar-refractivity contribution < 1.29 is 0 Å². The van der Waals surface area contributed by atoms with Gasteiger partial charge in [-0.25, -0.2) is 0 Å². The highest BCUT2D eigenvalue weighted by Crippen LogP contribution is 2.23. The Kier molecular flexibility index (Phi) is 4.68. The van der Waals surface area contributed by atoms with E-state index in [1.807, 2.05) is 24.3 Å². The third kappa shape index (κ3) is 3.61. The third-order valence-corrected chi connectivity index (χ3v) is 4.38. The highest BCUT2D eigenvalue weighted by atomic mass is 32.2. The van der Waals surface area contributed by atoms with Gasteiger partial charge in [0.05, 0.1) is 0 Å². The lowest BCUT2D eigenvalue weighted by Gasteiger charge is -2.22. The molecule has 1 aromatic rings. The fourth-order valence-corrected chi connectivity index (χ4v) is 3.44. The lowest BCUT2D eigenvalue weighted by Crippen LogP contribution is -2.21. The second-order valence-electron chi connectivity index (χ2n) is 4.35. The van der Waals surface area contributed by atoms with Crippen LogP contribution < -0.4 is 11.1 Å². The highest BCUT2D eigenvalue weighted by molar-refractivity contribution is 7.99. The quantitative estimate of drug-likeness (QED) is 0.822. The van der Waals surface area contributed by atoms with E-state index < -0.39 is 0 Å². The summed E-state index contributed by atoms with van der Waals surface area (Å²) in [5.74, 6) is 3.38. The van der Waals surface area contributed by atoms with Gasteiger partial charge in [-0.2, -0.15) is 11.8 Å². The molecule has 2 rings (SSSR count). The molecule has 0 amide bonds. The Morgan fingerprint density at radius 3 is 2.76 bits per heavy atom. The van der Waals surface area contributed by atoms with Crippen LogP contribution >= 0.6 is 24.0 Å². The molecule has 1 saturated heterocycles. The van der Waals surface area contributed by atoms with Gasteiger partial charge in [0.25, 0.3) is 0 Å². The molecule has 0 aromatic heterocycles. The van der Waals surface area contributed by atoms with Gasteiger partial charge in [-0.1, -0.05) is 24.4 Å². The molecule has 1 aliphatic heterocycles. The molecule has 0 unspecified atom stereocenters. The van der Waals surface area contributed by atoms with Crippen LogP contribution in [0.3, 0.4) is 0 Å². The standard InChI is InChI=1S/C13H18N2S2/c14-13(16)11-3-1-2-4-12(11)15-9-10-5-7-17-8-6-10/h1-4,10,15H,5-9H2,(H2,14,16). The molecule has 4 heteroatoms. The number of rotatable bonds is 4. The van der Waals surface area contributed by atoms with Crippen LogP contribution in [0.15, 0.2) is 24.3 Å². The van der Waals surface area contributed by atoms with Crippen molar-refractivity contribution in [2.24, 2.45) is 11.7 Å². The van der Waals surface area contributed by atoms with E-state index in [0.29, 0.717) is 4.99 Å². The number of hydrogen-bond donors (Lipinski definition) is 2. The minimum Gasteiger partial charge on any atom is -0.389 e. The molecule has 1 aliphatic rings. The van der Waals surface area contributed by atoms with E-state index in [0.717, 1.165) is 23.7 Å². The molecular weight excluding hydrogens is 248 g/mol. The first-order valence-corrected chi connectivity index (χ1v) is 7.54. The van der Waals surface area contributed by atoms with Crippen molar-refractivity contribution in [3.63, 3.8) is 0 Å². The van der Waals surface area contributed by atoms with E-state index in [4.69, 9.17) is 18.0 Å². The Hall–Kier alpha value is -0.740. The number of anilines is 1. The fourth-order valence-electron chi connectivity index (χ4n) is 2.06. The summed E-state index contributed by atoms with van der Waals surface area (Å²) in [7, 11) is 0. The molecule has 0 aliphatic carbocycles. The minimum absolute atomic E-state index is 0.465. The Morgan fingerprint density at radius 1 is 1.35 bits per heavy atom. The summed E-state index contributed by atoms with van der Waals surface area (Å²) in [4.78, 5) is 0.465. The van der Waals surface area contributed by atoms with Crippen molar-refractivity contribution in [3.05, 3.63) is 29.8 Å². The molecule has 1 aromatic carbocycles.